The highest BCUT2D eigenvalue weighted by atomic mass is 16.5. The average Bonchev–Trinajstić information content (AvgIpc) is 2.24. The van der Waals surface area contributed by atoms with Gasteiger partial charge in [-0.2, -0.15) is 0 Å². The van der Waals surface area contributed by atoms with Crippen molar-refractivity contribution >= 4 is 0 Å². The third-order valence-electron chi connectivity index (χ3n) is 2.57. The van der Waals surface area contributed by atoms with Crippen LogP contribution in [-0.4, -0.2) is 43.2 Å². The minimum absolute atomic E-state index is 0.0309. The smallest absolute Gasteiger partial charge is 0.0566 e. The van der Waals surface area contributed by atoms with Crippen LogP contribution in [0.15, 0.2) is 0 Å². The van der Waals surface area contributed by atoms with Gasteiger partial charge in [0.25, 0.3) is 0 Å². The summed E-state index contributed by atoms with van der Waals surface area (Å²) in [6.45, 7) is 3.63. The normalized spacial score (nSPS) is 12.0. The topological polar surface area (TPSA) is 75.7 Å². The molecule has 4 heteroatoms. The van der Waals surface area contributed by atoms with Crippen molar-refractivity contribution in [2.75, 3.05) is 33.0 Å². The van der Waals surface area contributed by atoms with E-state index in [1.165, 1.54) is 0 Å². The number of aliphatic hydroxyl groups is 2. The van der Waals surface area contributed by atoms with Crippen molar-refractivity contribution in [3.05, 3.63) is 0 Å². The van der Waals surface area contributed by atoms with Crippen LogP contribution in [0.4, 0.5) is 0 Å². The molecule has 0 aromatic rings. The van der Waals surface area contributed by atoms with E-state index < -0.39 is 5.41 Å². The molecule has 0 amide bonds. The van der Waals surface area contributed by atoms with E-state index in [9.17, 15) is 0 Å². The first-order valence-electron chi connectivity index (χ1n) is 5.24. The summed E-state index contributed by atoms with van der Waals surface area (Å²) < 4.78 is 5.40. The highest BCUT2D eigenvalue weighted by Gasteiger charge is 2.26. The number of ether oxygens (including phenoxy) is 1. The molecule has 0 aliphatic carbocycles. The standard InChI is InChI=1S/C10H23NO3/c1-2-10(7-12,8-13)9-14-6-4-3-5-11/h12-13H,2-9,11H2,1H3. The molecule has 4 N–H and O–H groups in total. The van der Waals surface area contributed by atoms with E-state index in [-0.39, 0.29) is 13.2 Å². The van der Waals surface area contributed by atoms with Crippen molar-refractivity contribution in [1.82, 2.24) is 0 Å². The van der Waals surface area contributed by atoms with Crippen LogP contribution in [-0.2, 0) is 4.74 Å². The summed E-state index contributed by atoms with van der Waals surface area (Å²) in [5.74, 6) is 0. The number of unbranched alkanes of at least 4 members (excludes halogenated alkanes) is 1. The fraction of sp³-hybridized carbons (Fsp3) is 1.00. The van der Waals surface area contributed by atoms with Crippen molar-refractivity contribution in [2.24, 2.45) is 11.1 Å². The van der Waals surface area contributed by atoms with E-state index in [4.69, 9.17) is 20.7 Å². The first-order valence-corrected chi connectivity index (χ1v) is 5.24. The van der Waals surface area contributed by atoms with E-state index in [1.807, 2.05) is 6.92 Å². The molecule has 0 aromatic heterocycles. The minimum atomic E-state index is -0.470. The molecule has 0 saturated carbocycles. The number of hydrogen-bond donors (Lipinski definition) is 3. The Kier molecular flexibility index (Phi) is 8.08. The quantitative estimate of drug-likeness (QED) is 0.467. The van der Waals surface area contributed by atoms with Gasteiger partial charge in [-0.05, 0) is 25.8 Å². The molecule has 0 fully saturated rings. The highest BCUT2D eigenvalue weighted by molar-refractivity contribution is 4.75. The summed E-state index contributed by atoms with van der Waals surface area (Å²) in [6.07, 6.45) is 2.61. The maximum absolute atomic E-state index is 9.12. The molecule has 86 valence electrons. The fourth-order valence-electron chi connectivity index (χ4n) is 1.10. The molecule has 14 heavy (non-hydrogen) atoms. The van der Waals surface area contributed by atoms with Crippen LogP contribution in [0.2, 0.25) is 0 Å². The Hall–Kier alpha value is -0.160. The van der Waals surface area contributed by atoms with Gasteiger partial charge < -0.3 is 20.7 Å². The van der Waals surface area contributed by atoms with E-state index in [1.54, 1.807) is 0 Å². The van der Waals surface area contributed by atoms with Gasteiger partial charge in [0.2, 0.25) is 0 Å². The van der Waals surface area contributed by atoms with Crippen LogP contribution in [0.3, 0.4) is 0 Å². The maximum atomic E-state index is 9.12. The minimum Gasteiger partial charge on any atom is -0.396 e. The first-order chi connectivity index (χ1) is 6.74. The predicted molar refractivity (Wildman–Crippen MR) is 56.0 cm³/mol. The van der Waals surface area contributed by atoms with Crippen molar-refractivity contribution in [3.8, 4) is 0 Å². The average molecular weight is 205 g/mol. The summed E-state index contributed by atoms with van der Waals surface area (Å²) >= 11 is 0. The molecule has 0 aromatic carbocycles. The zero-order valence-corrected chi connectivity index (χ0v) is 9.04. The first kappa shape index (κ1) is 13.8. The summed E-state index contributed by atoms with van der Waals surface area (Å²) in [6, 6.07) is 0. The molecule has 0 bridgehead atoms. The van der Waals surface area contributed by atoms with Crippen molar-refractivity contribution in [3.63, 3.8) is 0 Å². The predicted octanol–water partition coefficient (Wildman–Crippen LogP) is 0.123. The molecular formula is C10H23NO3. The molecule has 0 radical (unpaired) electrons. The Morgan fingerprint density at radius 1 is 1.21 bits per heavy atom. The van der Waals surface area contributed by atoms with Crippen LogP contribution in [0, 0.1) is 5.41 Å². The highest BCUT2D eigenvalue weighted by Crippen LogP contribution is 2.20. The molecule has 0 aliphatic rings. The van der Waals surface area contributed by atoms with Crippen LogP contribution >= 0.6 is 0 Å². The zero-order chi connectivity index (χ0) is 10.9. The summed E-state index contributed by atoms with van der Waals surface area (Å²) in [5.41, 5.74) is 4.87. The Bertz CT molecular complexity index is 118. The number of rotatable bonds is 9. The molecule has 0 aliphatic heterocycles. The lowest BCUT2D eigenvalue weighted by molar-refractivity contribution is -0.0304. The summed E-state index contributed by atoms with van der Waals surface area (Å²) in [7, 11) is 0. The molecule has 4 nitrogen and oxygen atoms in total. The van der Waals surface area contributed by atoms with Crippen LogP contribution in [0.1, 0.15) is 26.2 Å². The SMILES string of the molecule is CCC(CO)(CO)COCCCCN. The van der Waals surface area contributed by atoms with E-state index in [0.717, 1.165) is 19.3 Å². The Labute approximate surface area is 86.1 Å². The Morgan fingerprint density at radius 2 is 1.86 bits per heavy atom. The van der Waals surface area contributed by atoms with Crippen molar-refractivity contribution in [2.45, 2.75) is 26.2 Å². The fourth-order valence-corrected chi connectivity index (χ4v) is 1.10. The zero-order valence-electron chi connectivity index (χ0n) is 9.04. The Morgan fingerprint density at radius 3 is 2.29 bits per heavy atom. The Balaban J connectivity index is 3.61. The van der Waals surface area contributed by atoms with Crippen molar-refractivity contribution < 1.29 is 14.9 Å². The molecule has 0 atom stereocenters. The molecule has 0 saturated heterocycles. The third-order valence-corrected chi connectivity index (χ3v) is 2.57. The van der Waals surface area contributed by atoms with Gasteiger partial charge in [0, 0.05) is 12.0 Å². The van der Waals surface area contributed by atoms with Crippen LogP contribution < -0.4 is 5.73 Å². The summed E-state index contributed by atoms with van der Waals surface area (Å²) in [4.78, 5) is 0. The largest absolute Gasteiger partial charge is 0.396 e. The van der Waals surface area contributed by atoms with Gasteiger partial charge in [0.15, 0.2) is 0 Å². The second-order valence-electron chi connectivity index (χ2n) is 3.72. The molecular weight excluding hydrogens is 182 g/mol. The van der Waals surface area contributed by atoms with Gasteiger partial charge in [-0.1, -0.05) is 6.92 Å². The third kappa shape index (κ3) is 4.91. The number of nitrogens with two attached hydrogens (primary N) is 1. The van der Waals surface area contributed by atoms with Gasteiger partial charge in [0.05, 0.1) is 19.8 Å². The molecule has 0 rings (SSSR count). The molecule has 0 heterocycles. The number of hydrogen-bond acceptors (Lipinski definition) is 4. The van der Waals surface area contributed by atoms with Gasteiger partial charge in [-0.3, -0.25) is 0 Å². The van der Waals surface area contributed by atoms with E-state index in [2.05, 4.69) is 0 Å². The monoisotopic (exact) mass is 205 g/mol. The molecule has 0 spiro atoms. The lowest BCUT2D eigenvalue weighted by atomic mass is 9.88. The van der Waals surface area contributed by atoms with Gasteiger partial charge in [-0.25, -0.2) is 0 Å². The van der Waals surface area contributed by atoms with Gasteiger partial charge >= 0.3 is 0 Å². The van der Waals surface area contributed by atoms with Gasteiger partial charge in [0.1, 0.15) is 0 Å². The van der Waals surface area contributed by atoms with Crippen LogP contribution in [0.25, 0.3) is 0 Å². The van der Waals surface area contributed by atoms with Crippen LogP contribution in [0.5, 0.6) is 0 Å². The van der Waals surface area contributed by atoms with E-state index >= 15 is 0 Å². The van der Waals surface area contributed by atoms with E-state index in [0.29, 0.717) is 19.8 Å². The number of aliphatic hydroxyl groups excluding tert-OH is 2. The lowest BCUT2D eigenvalue weighted by Crippen LogP contribution is -2.34. The lowest BCUT2D eigenvalue weighted by Gasteiger charge is -2.27. The second-order valence-corrected chi connectivity index (χ2v) is 3.72. The second kappa shape index (κ2) is 8.17. The maximum Gasteiger partial charge on any atom is 0.0566 e. The van der Waals surface area contributed by atoms with Gasteiger partial charge in [-0.15, -0.1) is 0 Å². The summed E-state index contributed by atoms with van der Waals surface area (Å²) in [5, 5.41) is 18.2. The molecule has 0 unspecified atom stereocenters. The van der Waals surface area contributed by atoms with Crippen molar-refractivity contribution in [1.29, 1.82) is 0 Å².